The SMILES string of the molecule is CN(C)CCNC(=O)CCC(C)(C)c1ccccc1. The van der Waals surface area contributed by atoms with Crippen LogP contribution < -0.4 is 5.32 Å². The predicted octanol–water partition coefficient (Wildman–Crippen LogP) is 2.42. The molecule has 0 aromatic heterocycles. The lowest BCUT2D eigenvalue weighted by Gasteiger charge is -2.25. The second kappa shape index (κ2) is 7.29. The van der Waals surface area contributed by atoms with Crippen LogP contribution in [0.1, 0.15) is 32.3 Å². The topological polar surface area (TPSA) is 32.3 Å². The molecule has 0 aliphatic carbocycles. The van der Waals surface area contributed by atoms with Gasteiger partial charge in [-0.1, -0.05) is 44.2 Å². The Hall–Kier alpha value is -1.35. The van der Waals surface area contributed by atoms with Gasteiger partial charge in [0.25, 0.3) is 0 Å². The smallest absolute Gasteiger partial charge is 0.220 e. The van der Waals surface area contributed by atoms with Crippen LogP contribution in [0.4, 0.5) is 0 Å². The zero-order chi connectivity index (χ0) is 14.3. The van der Waals surface area contributed by atoms with Gasteiger partial charge in [0.1, 0.15) is 0 Å². The van der Waals surface area contributed by atoms with Gasteiger partial charge in [0, 0.05) is 19.5 Å². The molecule has 0 spiro atoms. The zero-order valence-corrected chi connectivity index (χ0v) is 12.6. The third kappa shape index (κ3) is 5.88. The van der Waals surface area contributed by atoms with Gasteiger partial charge in [-0.05, 0) is 31.5 Å². The Balaban J connectivity index is 2.37. The maximum atomic E-state index is 11.8. The number of benzene rings is 1. The fraction of sp³-hybridized carbons (Fsp3) is 0.562. The molecule has 0 atom stereocenters. The molecule has 0 radical (unpaired) electrons. The van der Waals surface area contributed by atoms with Crippen molar-refractivity contribution in [1.29, 1.82) is 0 Å². The third-order valence-corrected chi connectivity index (χ3v) is 3.41. The molecule has 1 aromatic rings. The summed E-state index contributed by atoms with van der Waals surface area (Å²) < 4.78 is 0. The molecule has 1 amide bonds. The molecule has 1 N–H and O–H groups in total. The average molecular weight is 262 g/mol. The van der Waals surface area contributed by atoms with Gasteiger partial charge in [0.15, 0.2) is 0 Å². The van der Waals surface area contributed by atoms with Gasteiger partial charge >= 0.3 is 0 Å². The molecule has 0 heterocycles. The van der Waals surface area contributed by atoms with Crippen molar-refractivity contribution in [2.75, 3.05) is 27.2 Å². The van der Waals surface area contributed by atoms with E-state index in [4.69, 9.17) is 0 Å². The molecule has 106 valence electrons. The summed E-state index contributed by atoms with van der Waals surface area (Å²) in [5.41, 5.74) is 1.33. The van der Waals surface area contributed by atoms with E-state index in [1.54, 1.807) is 0 Å². The van der Waals surface area contributed by atoms with Crippen LogP contribution in [0, 0.1) is 0 Å². The third-order valence-electron chi connectivity index (χ3n) is 3.41. The van der Waals surface area contributed by atoms with Crippen molar-refractivity contribution in [3.05, 3.63) is 35.9 Å². The molecule has 0 bridgehead atoms. The van der Waals surface area contributed by atoms with E-state index in [0.717, 1.165) is 19.5 Å². The van der Waals surface area contributed by atoms with Crippen molar-refractivity contribution >= 4 is 5.91 Å². The van der Waals surface area contributed by atoms with Crippen LogP contribution in [0.25, 0.3) is 0 Å². The van der Waals surface area contributed by atoms with Gasteiger partial charge in [-0.15, -0.1) is 0 Å². The van der Waals surface area contributed by atoms with Crippen LogP contribution >= 0.6 is 0 Å². The van der Waals surface area contributed by atoms with Gasteiger partial charge < -0.3 is 10.2 Å². The summed E-state index contributed by atoms with van der Waals surface area (Å²) in [5.74, 6) is 0.144. The largest absolute Gasteiger partial charge is 0.355 e. The Kier molecular flexibility index (Phi) is 6.03. The van der Waals surface area contributed by atoms with E-state index in [1.165, 1.54) is 5.56 Å². The monoisotopic (exact) mass is 262 g/mol. The van der Waals surface area contributed by atoms with E-state index >= 15 is 0 Å². The first kappa shape index (κ1) is 15.7. The quantitative estimate of drug-likeness (QED) is 0.818. The molecule has 1 aromatic carbocycles. The summed E-state index contributed by atoms with van der Waals surface area (Å²) in [5, 5.41) is 2.96. The van der Waals surface area contributed by atoms with E-state index in [0.29, 0.717) is 6.42 Å². The van der Waals surface area contributed by atoms with Crippen LogP contribution in [0.5, 0.6) is 0 Å². The van der Waals surface area contributed by atoms with Crippen LogP contribution in [0.15, 0.2) is 30.3 Å². The maximum Gasteiger partial charge on any atom is 0.220 e. The van der Waals surface area contributed by atoms with Gasteiger partial charge in [-0.25, -0.2) is 0 Å². The van der Waals surface area contributed by atoms with E-state index in [2.05, 4.69) is 36.2 Å². The van der Waals surface area contributed by atoms with E-state index in [1.807, 2.05) is 32.3 Å². The fourth-order valence-corrected chi connectivity index (χ4v) is 1.97. The number of hydrogen-bond donors (Lipinski definition) is 1. The van der Waals surface area contributed by atoms with E-state index in [9.17, 15) is 4.79 Å². The molecule has 3 nitrogen and oxygen atoms in total. The first-order valence-electron chi connectivity index (χ1n) is 6.89. The second-order valence-electron chi connectivity index (χ2n) is 5.90. The standard InChI is InChI=1S/C16H26N2O/c1-16(2,14-8-6-5-7-9-14)11-10-15(19)17-12-13-18(3)4/h5-9H,10-13H2,1-4H3,(H,17,19). The minimum absolute atomic E-state index is 0.0418. The van der Waals surface area contributed by atoms with Gasteiger partial charge in [-0.2, -0.15) is 0 Å². The summed E-state index contributed by atoms with van der Waals surface area (Å²) in [6, 6.07) is 10.4. The van der Waals surface area contributed by atoms with Crippen LogP contribution in [-0.4, -0.2) is 38.0 Å². The number of carbonyl (C=O) groups excluding carboxylic acids is 1. The summed E-state index contributed by atoms with van der Waals surface area (Å²) in [6.07, 6.45) is 1.44. The Morgan fingerprint density at radius 3 is 2.42 bits per heavy atom. The predicted molar refractivity (Wildman–Crippen MR) is 80.3 cm³/mol. The highest BCUT2D eigenvalue weighted by Crippen LogP contribution is 2.27. The number of amides is 1. The Bertz CT molecular complexity index is 385. The van der Waals surface area contributed by atoms with Crippen molar-refractivity contribution in [2.45, 2.75) is 32.1 Å². The van der Waals surface area contributed by atoms with Crippen molar-refractivity contribution in [1.82, 2.24) is 10.2 Å². The Morgan fingerprint density at radius 1 is 1.21 bits per heavy atom. The van der Waals surface area contributed by atoms with Gasteiger partial charge in [0.05, 0.1) is 0 Å². The van der Waals surface area contributed by atoms with E-state index in [-0.39, 0.29) is 11.3 Å². The minimum atomic E-state index is 0.0418. The summed E-state index contributed by atoms with van der Waals surface area (Å²) in [4.78, 5) is 13.8. The number of hydrogen-bond acceptors (Lipinski definition) is 2. The number of likely N-dealkylation sites (N-methyl/N-ethyl adjacent to an activating group) is 1. The first-order valence-corrected chi connectivity index (χ1v) is 6.89. The molecule has 1 rings (SSSR count). The van der Waals surface area contributed by atoms with Crippen molar-refractivity contribution in [3.63, 3.8) is 0 Å². The second-order valence-corrected chi connectivity index (χ2v) is 5.90. The van der Waals surface area contributed by atoms with E-state index < -0.39 is 0 Å². The number of carbonyl (C=O) groups is 1. The highest BCUT2D eigenvalue weighted by atomic mass is 16.1. The molecule has 0 aliphatic rings. The van der Waals surface area contributed by atoms with Crippen LogP contribution in [-0.2, 0) is 10.2 Å². The normalized spacial score (nSPS) is 11.6. The molecule has 0 unspecified atom stereocenters. The number of nitrogens with one attached hydrogen (secondary N) is 1. The average Bonchev–Trinajstić information content (AvgIpc) is 2.37. The number of rotatable bonds is 7. The van der Waals surface area contributed by atoms with Gasteiger partial charge in [-0.3, -0.25) is 4.79 Å². The molecule has 0 saturated carbocycles. The van der Waals surface area contributed by atoms with Crippen molar-refractivity contribution < 1.29 is 4.79 Å². The van der Waals surface area contributed by atoms with Crippen LogP contribution in [0.3, 0.4) is 0 Å². The Labute approximate surface area is 117 Å². The minimum Gasteiger partial charge on any atom is -0.355 e. The highest BCUT2D eigenvalue weighted by Gasteiger charge is 2.21. The number of nitrogens with zero attached hydrogens (tertiary/aromatic N) is 1. The van der Waals surface area contributed by atoms with Crippen LogP contribution in [0.2, 0.25) is 0 Å². The molecule has 0 fully saturated rings. The first-order chi connectivity index (χ1) is 8.92. The zero-order valence-electron chi connectivity index (χ0n) is 12.6. The summed E-state index contributed by atoms with van der Waals surface area (Å²) in [6.45, 7) is 5.98. The molecule has 0 saturated heterocycles. The summed E-state index contributed by atoms with van der Waals surface area (Å²) >= 11 is 0. The molecule has 0 aliphatic heterocycles. The molecule has 19 heavy (non-hydrogen) atoms. The Morgan fingerprint density at radius 2 is 1.84 bits per heavy atom. The fourth-order valence-electron chi connectivity index (χ4n) is 1.97. The van der Waals surface area contributed by atoms with Crippen molar-refractivity contribution in [2.24, 2.45) is 0 Å². The van der Waals surface area contributed by atoms with Gasteiger partial charge in [0.2, 0.25) is 5.91 Å². The maximum absolute atomic E-state index is 11.8. The summed E-state index contributed by atoms with van der Waals surface area (Å²) in [7, 11) is 4.01. The lowest BCUT2D eigenvalue weighted by molar-refractivity contribution is -0.121. The molecular formula is C16H26N2O. The van der Waals surface area contributed by atoms with Crippen molar-refractivity contribution in [3.8, 4) is 0 Å². The molecule has 3 heteroatoms. The molecular weight excluding hydrogens is 236 g/mol. The highest BCUT2D eigenvalue weighted by molar-refractivity contribution is 5.75. The lowest BCUT2D eigenvalue weighted by Crippen LogP contribution is -2.32. The lowest BCUT2D eigenvalue weighted by atomic mass is 9.80.